The summed E-state index contributed by atoms with van der Waals surface area (Å²) in [6, 6.07) is 11.0. The number of carbonyl (C=O) groups is 3. The Morgan fingerprint density at radius 2 is 1.93 bits per heavy atom. The number of aryl methyl sites for hydroxylation is 1. The Labute approximate surface area is 171 Å². The second kappa shape index (κ2) is 9.29. The molecule has 1 N–H and O–H groups in total. The first-order chi connectivity index (χ1) is 14.0. The molecule has 0 saturated carbocycles. The van der Waals surface area contributed by atoms with E-state index in [0.29, 0.717) is 15.4 Å². The van der Waals surface area contributed by atoms with Gasteiger partial charge < -0.3 is 14.8 Å². The lowest BCUT2D eigenvalue weighted by Crippen LogP contribution is -2.21. The largest absolute Gasteiger partial charge is 0.462 e. The normalized spacial score (nSPS) is 10.6. The molecule has 150 valence electrons. The van der Waals surface area contributed by atoms with Gasteiger partial charge >= 0.3 is 11.9 Å². The van der Waals surface area contributed by atoms with Crippen LogP contribution in [-0.2, 0) is 25.5 Å². The molecule has 0 aliphatic rings. The predicted molar refractivity (Wildman–Crippen MR) is 110 cm³/mol. The van der Waals surface area contributed by atoms with Crippen LogP contribution in [0.4, 0.5) is 5.00 Å². The molecule has 0 radical (unpaired) electrons. The van der Waals surface area contributed by atoms with Crippen LogP contribution in [0.5, 0.6) is 0 Å². The molecular formula is C21H20N2O5S. The molecular weight excluding hydrogens is 392 g/mol. The summed E-state index contributed by atoms with van der Waals surface area (Å²) in [5.41, 5.74) is 2.18. The van der Waals surface area contributed by atoms with Gasteiger partial charge in [-0.25, -0.2) is 4.79 Å². The van der Waals surface area contributed by atoms with Gasteiger partial charge in [0.1, 0.15) is 4.88 Å². The number of hydrogen-bond donors (Lipinski definition) is 1. The summed E-state index contributed by atoms with van der Waals surface area (Å²) in [7, 11) is 0. The number of nitrogens with one attached hydrogen (secondary N) is 1. The Kier molecular flexibility index (Phi) is 6.56. The third-order valence-electron chi connectivity index (χ3n) is 4.06. The van der Waals surface area contributed by atoms with Crippen molar-refractivity contribution in [3.8, 4) is 0 Å². The minimum absolute atomic E-state index is 0.0206. The fraction of sp³-hybridized carbons (Fsp3) is 0.238. The zero-order valence-electron chi connectivity index (χ0n) is 16.1. The van der Waals surface area contributed by atoms with E-state index in [9.17, 15) is 14.4 Å². The van der Waals surface area contributed by atoms with E-state index >= 15 is 0 Å². The molecule has 8 heteroatoms. The van der Waals surface area contributed by atoms with Crippen molar-refractivity contribution in [2.75, 3.05) is 18.5 Å². The molecule has 3 aromatic rings. The number of anilines is 1. The Hall–Kier alpha value is -3.26. The maximum absolute atomic E-state index is 12.1. The van der Waals surface area contributed by atoms with Crippen molar-refractivity contribution in [1.29, 1.82) is 0 Å². The number of benzene rings is 1. The van der Waals surface area contributed by atoms with Crippen molar-refractivity contribution in [2.45, 2.75) is 20.3 Å². The van der Waals surface area contributed by atoms with E-state index in [-0.39, 0.29) is 13.0 Å². The fourth-order valence-electron chi connectivity index (χ4n) is 2.78. The van der Waals surface area contributed by atoms with Gasteiger partial charge in [0.15, 0.2) is 6.61 Å². The number of nitrogens with zero attached hydrogens (tertiary/aromatic N) is 1. The predicted octanol–water partition coefficient (Wildman–Crippen LogP) is 3.51. The second-order valence-corrected chi connectivity index (χ2v) is 7.27. The van der Waals surface area contributed by atoms with E-state index < -0.39 is 24.5 Å². The third-order valence-corrected chi connectivity index (χ3v) is 5.19. The number of thiophene rings is 1. The number of rotatable bonds is 7. The van der Waals surface area contributed by atoms with Crippen LogP contribution >= 0.6 is 11.3 Å². The Morgan fingerprint density at radius 1 is 1.14 bits per heavy atom. The fourth-order valence-corrected chi connectivity index (χ4v) is 3.76. The van der Waals surface area contributed by atoms with E-state index in [1.807, 2.05) is 30.3 Å². The molecule has 0 spiro atoms. The molecule has 0 fully saturated rings. The molecule has 0 unspecified atom stereocenters. The molecule has 2 aromatic heterocycles. The number of esters is 2. The van der Waals surface area contributed by atoms with E-state index in [2.05, 4.69) is 10.3 Å². The number of hydrogen-bond acceptors (Lipinski definition) is 7. The van der Waals surface area contributed by atoms with Gasteiger partial charge in [-0.15, -0.1) is 11.3 Å². The van der Waals surface area contributed by atoms with Crippen LogP contribution in [0.1, 0.15) is 27.7 Å². The lowest BCUT2D eigenvalue weighted by molar-refractivity contribution is -0.146. The summed E-state index contributed by atoms with van der Waals surface area (Å²) in [6.45, 7) is 3.35. The van der Waals surface area contributed by atoms with Crippen molar-refractivity contribution in [2.24, 2.45) is 0 Å². The number of pyridine rings is 1. The average Bonchev–Trinajstić information content (AvgIpc) is 3.07. The van der Waals surface area contributed by atoms with Gasteiger partial charge in [-0.1, -0.05) is 24.3 Å². The highest BCUT2D eigenvalue weighted by atomic mass is 32.1. The summed E-state index contributed by atoms with van der Waals surface area (Å²) in [5.74, 6) is -1.43. The van der Waals surface area contributed by atoms with Crippen LogP contribution in [0.15, 0.2) is 42.6 Å². The van der Waals surface area contributed by atoms with Crippen LogP contribution < -0.4 is 5.32 Å². The van der Waals surface area contributed by atoms with Crippen molar-refractivity contribution >= 4 is 45.1 Å². The van der Waals surface area contributed by atoms with Crippen molar-refractivity contribution in [1.82, 2.24) is 4.98 Å². The molecule has 3 rings (SSSR count). The molecule has 1 amide bonds. The number of aromatic nitrogens is 1. The van der Waals surface area contributed by atoms with Crippen LogP contribution in [-0.4, -0.2) is 36.0 Å². The van der Waals surface area contributed by atoms with Crippen LogP contribution in [0, 0.1) is 6.92 Å². The molecule has 1 aromatic carbocycles. The van der Waals surface area contributed by atoms with Crippen LogP contribution in [0.25, 0.3) is 10.9 Å². The monoisotopic (exact) mass is 412 g/mol. The molecule has 0 aliphatic heterocycles. The van der Waals surface area contributed by atoms with Crippen LogP contribution in [0.2, 0.25) is 0 Å². The summed E-state index contributed by atoms with van der Waals surface area (Å²) in [4.78, 5) is 40.8. The molecule has 0 saturated heterocycles. The van der Waals surface area contributed by atoms with Gasteiger partial charge in [0, 0.05) is 11.6 Å². The molecule has 2 heterocycles. The Balaban J connectivity index is 1.55. The zero-order valence-corrected chi connectivity index (χ0v) is 16.9. The summed E-state index contributed by atoms with van der Waals surface area (Å²) in [5, 5.41) is 4.05. The summed E-state index contributed by atoms with van der Waals surface area (Å²) in [6.07, 6.45) is 1.69. The first kappa shape index (κ1) is 20.5. The smallest absolute Gasteiger partial charge is 0.348 e. The SMILES string of the molecule is CCOC(=O)c1sc(NC(=O)COC(=O)Cc2cccc3cccnc23)cc1C. The quantitative estimate of drug-likeness (QED) is 0.597. The van der Waals surface area contributed by atoms with E-state index in [1.54, 1.807) is 26.1 Å². The first-order valence-corrected chi connectivity index (χ1v) is 9.85. The van der Waals surface area contributed by atoms with Crippen molar-refractivity contribution < 1.29 is 23.9 Å². The Bertz CT molecular complexity index is 1050. The summed E-state index contributed by atoms with van der Waals surface area (Å²) < 4.78 is 10.1. The van der Waals surface area contributed by atoms with Crippen molar-refractivity contribution in [3.63, 3.8) is 0 Å². The maximum atomic E-state index is 12.1. The van der Waals surface area contributed by atoms with Gasteiger partial charge in [0.2, 0.25) is 0 Å². The third kappa shape index (κ3) is 5.17. The number of ether oxygens (including phenoxy) is 2. The topological polar surface area (TPSA) is 94.6 Å². The Morgan fingerprint density at radius 3 is 2.72 bits per heavy atom. The van der Waals surface area contributed by atoms with Crippen LogP contribution in [0.3, 0.4) is 0 Å². The molecule has 7 nitrogen and oxygen atoms in total. The van der Waals surface area contributed by atoms with E-state index in [0.717, 1.165) is 27.8 Å². The first-order valence-electron chi connectivity index (χ1n) is 9.03. The van der Waals surface area contributed by atoms with E-state index in [1.165, 1.54) is 0 Å². The summed E-state index contributed by atoms with van der Waals surface area (Å²) >= 11 is 1.12. The number of fused-ring (bicyclic) bond motifs is 1. The minimum Gasteiger partial charge on any atom is -0.462 e. The van der Waals surface area contributed by atoms with Gasteiger partial charge in [-0.3, -0.25) is 14.6 Å². The van der Waals surface area contributed by atoms with Gasteiger partial charge in [-0.2, -0.15) is 0 Å². The highest BCUT2D eigenvalue weighted by Gasteiger charge is 2.17. The lowest BCUT2D eigenvalue weighted by Gasteiger charge is -2.07. The van der Waals surface area contributed by atoms with Gasteiger partial charge in [0.25, 0.3) is 5.91 Å². The number of para-hydroxylation sites is 1. The number of carbonyl (C=O) groups excluding carboxylic acids is 3. The lowest BCUT2D eigenvalue weighted by atomic mass is 10.1. The molecule has 0 atom stereocenters. The molecule has 0 aliphatic carbocycles. The highest BCUT2D eigenvalue weighted by Crippen LogP contribution is 2.27. The van der Waals surface area contributed by atoms with Gasteiger partial charge in [0.05, 0.1) is 23.5 Å². The number of amides is 1. The maximum Gasteiger partial charge on any atom is 0.348 e. The zero-order chi connectivity index (χ0) is 20.8. The minimum atomic E-state index is -0.520. The molecule has 29 heavy (non-hydrogen) atoms. The second-order valence-electron chi connectivity index (χ2n) is 6.22. The van der Waals surface area contributed by atoms with E-state index in [4.69, 9.17) is 9.47 Å². The van der Waals surface area contributed by atoms with Gasteiger partial charge in [-0.05, 0) is 37.1 Å². The average molecular weight is 412 g/mol. The van der Waals surface area contributed by atoms with Crippen molar-refractivity contribution in [3.05, 3.63) is 58.6 Å². The highest BCUT2D eigenvalue weighted by molar-refractivity contribution is 7.18. The standard InChI is InChI=1S/C21H20N2O5S/c1-3-27-21(26)20-13(2)10-17(29-20)23-16(24)12-28-18(25)11-15-7-4-6-14-8-5-9-22-19(14)15/h4-10H,3,11-12H2,1-2H3,(H,23,24). The molecule has 0 bridgehead atoms.